The van der Waals surface area contributed by atoms with Gasteiger partial charge in [0.25, 0.3) is 0 Å². The van der Waals surface area contributed by atoms with Crippen LogP contribution in [0.1, 0.15) is 5.56 Å². The summed E-state index contributed by atoms with van der Waals surface area (Å²) in [7, 11) is 0. The van der Waals surface area contributed by atoms with Crippen LogP contribution in [0.4, 0.5) is 11.4 Å². The van der Waals surface area contributed by atoms with Gasteiger partial charge in [-0.2, -0.15) is 0 Å². The van der Waals surface area contributed by atoms with Crippen molar-refractivity contribution in [2.24, 2.45) is 0 Å². The van der Waals surface area contributed by atoms with Gasteiger partial charge in [0.15, 0.2) is 0 Å². The van der Waals surface area contributed by atoms with Crippen molar-refractivity contribution in [2.45, 2.75) is 6.54 Å². The first-order chi connectivity index (χ1) is 7.75. The molecule has 0 unspecified atom stereocenters. The summed E-state index contributed by atoms with van der Waals surface area (Å²) in [6.45, 7) is 0.754. The van der Waals surface area contributed by atoms with E-state index in [-0.39, 0.29) is 0 Å². The highest BCUT2D eigenvalue weighted by Gasteiger charge is 1.99. The number of hydrogen-bond acceptors (Lipinski definition) is 2. The second-order valence-electron chi connectivity index (χ2n) is 3.58. The van der Waals surface area contributed by atoms with E-state index < -0.39 is 0 Å². The van der Waals surface area contributed by atoms with E-state index in [9.17, 15) is 0 Å². The van der Waals surface area contributed by atoms with Crippen molar-refractivity contribution in [2.75, 3.05) is 11.1 Å². The van der Waals surface area contributed by atoms with E-state index in [1.807, 2.05) is 30.3 Å². The van der Waals surface area contributed by atoms with Crippen LogP contribution in [0.25, 0.3) is 0 Å². The SMILES string of the molecule is Nc1ccc(NCc2ccccc2)c(Cl)c1. The van der Waals surface area contributed by atoms with Crippen molar-refractivity contribution in [1.29, 1.82) is 0 Å². The fourth-order valence-corrected chi connectivity index (χ4v) is 1.72. The zero-order chi connectivity index (χ0) is 11.4. The minimum atomic E-state index is 0.649. The number of rotatable bonds is 3. The van der Waals surface area contributed by atoms with Crippen molar-refractivity contribution < 1.29 is 0 Å². The number of hydrogen-bond donors (Lipinski definition) is 2. The second-order valence-corrected chi connectivity index (χ2v) is 3.99. The molecule has 0 aliphatic carbocycles. The predicted octanol–water partition coefficient (Wildman–Crippen LogP) is 3.53. The molecule has 2 rings (SSSR count). The van der Waals surface area contributed by atoms with Crippen LogP contribution in [0.5, 0.6) is 0 Å². The van der Waals surface area contributed by atoms with Crippen molar-refractivity contribution in [3.05, 3.63) is 59.1 Å². The largest absolute Gasteiger partial charge is 0.399 e. The third-order valence-corrected chi connectivity index (χ3v) is 2.63. The Labute approximate surface area is 100 Å². The summed E-state index contributed by atoms with van der Waals surface area (Å²) in [6.07, 6.45) is 0. The summed E-state index contributed by atoms with van der Waals surface area (Å²) < 4.78 is 0. The summed E-state index contributed by atoms with van der Waals surface area (Å²) in [5.74, 6) is 0. The second kappa shape index (κ2) is 4.90. The molecule has 0 bridgehead atoms. The maximum Gasteiger partial charge on any atom is 0.0658 e. The zero-order valence-electron chi connectivity index (χ0n) is 8.78. The number of anilines is 2. The molecule has 0 aliphatic heterocycles. The first-order valence-corrected chi connectivity index (χ1v) is 5.46. The average Bonchev–Trinajstić information content (AvgIpc) is 2.29. The van der Waals surface area contributed by atoms with Crippen molar-refractivity contribution in [3.63, 3.8) is 0 Å². The first kappa shape index (κ1) is 10.8. The lowest BCUT2D eigenvalue weighted by Crippen LogP contribution is -2.00. The van der Waals surface area contributed by atoms with E-state index in [4.69, 9.17) is 17.3 Å². The van der Waals surface area contributed by atoms with Gasteiger partial charge < -0.3 is 11.1 Å². The van der Waals surface area contributed by atoms with E-state index in [1.54, 1.807) is 6.07 Å². The summed E-state index contributed by atoms with van der Waals surface area (Å²) >= 11 is 6.05. The van der Waals surface area contributed by atoms with E-state index in [0.717, 1.165) is 12.2 Å². The average molecular weight is 233 g/mol. The van der Waals surface area contributed by atoms with Gasteiger partial charge in [-0.05, 0) is 23.8 Å². The molecule has 82 valence electrons. The lowest BCUT2D eigenvalue weighted by Gasteiger charge is -2.08. The zero-order valence-corrected chi connectivity index (χ0v) is 9.54. The van der Waals surface area contributed by atoms with E-state index in [2.05, 4.69) is 17.4 Å². The summed E-state index contributed by atoms with van der Waals surface area (Å²) in [6, 6.07) is 15.6. The maximum atomic E-state index is 6.05. The highest BCUT2D eigenvalue weighted by Crippen LogP contribution is 2.24. The molecule has 3 N–H and O–H groups in total. The van der Waals surface area contributed by atoms with Gasteiger partial charge in [0, 0.05) is 12.2 Å². The van der Waals surface area contributed by atoms with E-state index in [0.29, 0.717) is 10.7 Å². The standard InChI is InChI=1S/C13H13ClN2/c14-12-8-11(15)6-7-13(12)16-9-10-4-2-1-3-5-10/h1-8,16H,9,15H2. The van der Waals surface area contributed by atoms with Gasteiger partial charge in [0.2, 0.25) is 0 Å². The third kappa shape index (κ3) is 2.67. The molecule has 0 spiro atoms. The van der Waals surface area contributed by atoms with Crippen LogP contribution in [0, 0.1) is 0 Å². The molecule has 2 nitrogen and oxygen atoms in total. The van der Waals surface area contributed by atoms with Gasteiger partial charge in [0.05, 0.1) is 10.7 Å². The van der Waals surface area contributed by atoms with Gasteiger partial charge >= 0.3 is 0 Å². The maximum absolute atomic E-state index is 6.05. The highest BCUT2D eigenvalue weighted by molar-refractivity contribution is 6.33. The molecule has 0 aromatic heterocycles. The van der Waals surface area contributed by atoms with Crippen LogP contribution in [0.3, 0.4) is 0 Å². The molecule has 0 heterocycles. The Morgan fingerprint density at radius 3 is 2.50 bits per heavy atom. The quantitative estimate of drug-likeness (QED) is 0.795. The van der Waals surface area contributed by atoms with Gasteiger partial charge in [0.1, 0.15) is 0 Å². The van der Waals surface area contributed by atoms with Gasteiger partial charge in [-0.25, -0.2) is 0 Å². The smallest absolute Gasteiger partial charge is 0.0658 e. The Morgan fingerprint density at radius 2 is 1.81 bits per heavy atom. The molecule has 2 aromatic rings. The summed E-state index contributed by atoms with van der Waals surface area (Å²) in [5.41, 5.74) is 8.42. The molecule has 2 aromatic carbocycles. The van der Waals surface area contributed by atoms with Gasteiger partial charge in [-0.15, -0.1) is 0 Å². The number of nitrogen functional groups attached to an aromatic ring is 1. The minimum absolute atomic E-state index is 0.649. The Kier molecular flexibility index (Phi) is 3.32. The lowest BCUT2D eigenvalue weighted by atomic mass is 10.2. The summed E-state index contributed by atoms with van der Waals surface area (Å²) in [5, 5.41) is 3.92. The topological polar surface area (TPSA) is 38.0 Å². The summed E-state index contributed by atoms with van der Waals surface area (Å²) in [4.78, 5) is 0. The normalized spacial score (nSPS) is 10.1. The van der Waals surface area contributed by atoms with E-state index >= 15 is 0 Å². The van der Waals surface area contributed by atoms with Gasteiger partial charge in [-0.3, -0.25) is 0 Å². The minimum Gasteiger partial charge on any atom is -0.399 e. The molecule has 0 aliphatic rings. The van der Waals surface area contributed by atoms with Crippen LogP contribution in [0.15, 0.2) is 48.5 Å². The molecule has 0 atom stereocenters. The molecule has 0 radical (unpaired) electrons. The lowest BCUT2D eigenvalue weighted by molar-refractivity contribution is 1.15. The molecule has 0 saturated heterocycles. The third-order valence-electron chi connectivity index (χ3n) is 2.32. The van der Waals surface area contributed by atoms with Crippen LogP contribution in [0.2, 0.25) is 5.02 Å². The number of halogens is 1. The van der Waals surface area contributed by atoms with Crippen LogP contribution >= 0.6 is 11.6 Å². The molecule has 16 heavy (non-hydrogen) atoms. The first-order valence-electron chi connectivity index (χ1n) is 5.08. The van der Waals surface area contributed by atoms with Crippen LogP contribution in [-0.2, 0) is 6.54 Å². The fraction of sp³-hybridized carbons (Fsp3) is 0.0769. The number of nitrogens with two attached hydrogens (primary N) is 1. The molecule has 3 heteroatoms. The number of nitrogens with one attached hydrogen (secondary N) is 1. The van der Waals surface area contributed by atoms with Crippen molar-refractivity contribution in [3.8, 4) is 0 Å². The Bertz CT molecular complexity index is 469. The number of benzene rings is 2. The molecule has 0 amide bonds. The van der Waals surface area contributed by atoms with Crippen molar-refractivity contribution in [1.82, 2.24) is 0 Å². The van der Waals surface area contributed by atoms with Crippen molar-refractivity contribution >= 4 is 23.0 Å². The monoisotopic (exact) mass is 232 g/mol. The molecule has 0 fully saturated rings. The van der Waals surface area contributed by atoms with E-state index in [1.165, 1.54) is 5.56 Å². The molecular formula is C13H13ClN2. The fourth-order valence-electron chi connectivity index (χ4n) is 1.47. The van der Waals surface area contributed by atoms with Crippen LogP contribution < -0.4 is 11.1 Å². The van der Waals surface area contributed by atoms with Gasteiger partial charge in [-0.1, -0.05) is 41.9 Å². The highest BCUT2D eigenvalue weighted by atomic mass is 35.5. The Morgan fingerprint density at radius 1 is 1.06 bits per heavy atom. The molecule has 0 saturated carbocycles. The van der Waals surface area contributed by atoms with Crippen LogP contribution in [-0.4, -0.2) is 0 Å². The Hall–Kier alpha value is -1.67. The molecular weight excluding hydrogens is 220 g/mol. The Balaban J connectivity index is 2.05. The predicted molar refractivity (Wildman–Crippen MR) is 69.6 cm³/mol.